The van der Waals surface area contributed by atoms with Crippen LogP contribution >= 0.6 is 0 Å². The van der Waals surface area contributed by atoms with Gasteiger partial charge in [0, 0.05) is 18.2 Å². The highest BCUT2D eigenvalue weighted by Gasteiger charge is 2.13. The van der Waals surface area contributed by atoms with Crippen LogP contribution in [0.25, 0.3) is 0 Å². The number of hydrogen-bond donors (Lipinski definition) is 1. The van der Waals surface area contributed by atoms with Gasteiger partial charge in [-0.25, -0.2) is 0 Å². The smallest absolute Gasteiger partial charge is 0.165 e. The molecule has 1 unspecified atom stereocenters. The fraction of sp³-hybridized carbons (Fsp3) is 0.478. The van der Waals surface area contributed by atoms with E-state index in [9.17, 15) is 0 Å². The fourth-order valence-electron chi connectivity index (χ4n) is 3.14. The van der Waals surface area contributed by atoms with Crippen molar-refractivity contribution >= 4 is 0 Å². The van der Waals surface area contributed by atoms with E-state index < -0.39 is 0 Å². The van der Waals surface area contributed by atoms with Gasteiger partial charge in [0.25, 0.3) is 0 Å². The third-order valence-corrected chi connectivity index (χ3v) is 4.67. The molecule has 0 amide bonds. The Morgan fingerprint density at radius 3 is 2.42 bits per heavy atom. The number of methoxy groups -OCH3 is 1. The molecular weight excluding hydrogens is 322 g/mol. The predicted octanol–water partition coefficient (Wildman–Crippen LogP) is 5.90. The highest BCUT2D eigenvalue weighted by Crippen LogP contribution is 2.32. The molecule has 1 N–H and O–H groups in total. The fourth-order valence-corrected chi connectivity index (χ4v) is 3.14. The van der Waals surface area contributed by atoms with E-state index in [1.54, 1.807) is 7.11 Å². The van der Waals surface area contributed by atoms with Crippen molar-refractivity contribution in [2.75, 3.05) is 13.7 Å². The Hall–Kier alpha value is -2.00. The maximum atomic E-state index is 6.11. The molecule has 26 heavy (non-hydrogen) atoms. The van der Waals surface area contributed by atoms with E-state index in [-0.39, 0.29) is 0 Å². The van der Waals surface area contributed by atoms with Gasteiger partial charge in [-0.1, -0.05) is 75.6 Å². The van der Waals surface area contributed by atoms with E-state index in [2.05, 4.69) is 55.6 Å². The van der Waals surface area contributed by atoms with Crippen LogP contribution in [0.2, 0.25) is 0 Å². The van der Waals surface area contributed by atoms with Crippen LogP contribution in [0.4, 0.5) is 0 Å². The van der Waals surface area contributed by atoms with Gasteiger partial charge in [0.15, 0.2) is 11.5 Å². The van der Waals surface area contributed by atoms with Crippen LogP contribution in [-0.4, -0.2) is 13.7 Å². The molecule has 3 nitrogen and oxygen atoms in total. The van der Waals surface area contributed by atoms with E-state index in [1.807, 2.05) is 12.1 Å². The molecule has 0 fully saturated rings. The Morgan fingerprint density at radius 1 is 0.923 bits per heavy atom. The molecule has 0 bridgehead atoms. The molecule has 2 aromatic carbocycles. The molecule has 0 saturated carbocycles. The van der Waals surface area contributed by atoms with Crippen molar-refractivity contribution in [2.24, 2.45) is 0 Å². The van der Waals surface area contributed by atoms with E-state index in [0.29, 0.717) is 6.04 Å². The number of benzene rings is 2. The first kappa shape index (κ1) is 20.3. The maximum Gasteiger partial charge on any atom is 0.165 e. The first-order valence-electron chi connectivity index (χ1n) is 9.87. The Morgan fingerprint density at radius 2 is 1.73 bits per heavy atom. The maximum absolute atomic E-state index is 6.11. The zero-order valence-corrected chi connectivity index (χ0v) is 16.5. The number of rotatable bonds is 12. The first-order chi connectivity index (χ1) is 12.8. The van der Waals surface area contributed by atoms with E-state index in [0.717, 1.165) is 43.1 Å². The summed E-state index contributed by atoms with van der Waals surface area (Å²) in [6.45, 7) is 5.93. The second kappa shape index (κ2) is 11.6. The van der Waals surface area contributed by atoms with Crippen molar-refractivity contribution in [2.45, 2.75) is 58.5 Å². The number of unbranched alkanes of at least 4 members (excludes halogenated alkanes) is 3. The Bertz CT molecular complexity index is 627. The molecule has 2 aromatic rings. The van der Waals surface area contributed by atoms with Crippen molar-refractivity contribution in [3.8, 4) is 11.5 Å². The summed E-state index contributed by atoms with van der Waals surface area (Å²) in [5.74, 6) is 1.69. The zero-order valence-electron chi connectivity index (χ0n) is 16.5. The molecule has 0 aliphatic carbocycles. The van der Waals surface area contributed by atoms with Crippen LogP contribution in [0.15, 0.2) is 48.5 Å². The standard InChI is InChI=1S/C23H33NO2/c1-4-6-7-11-17-26-23-20(15-12-16-22(23)25-3)18-24-21(5-2)19-13-9-8-10-14-19/h8-10,12-16,21,24H,4-7,11,17-18H2,1-3H3. The van der Waals surface area contributed by atoms with Gasteiger partial charge in [-0.2, -0.15) is 0 Å². The third-order valence-electron chi connectivity index (χ3n) is 4.67. The average Bonchev–Trinajstić information content (AvgIpc) is 2.69. The largest absolute Gasteiger partial charge is 0.493 e. The van der Waals surface area contributed by atoms with Gasteiger partial charge in [0.1, 0.15) is 0 Å². The summed E-state index contributed by atoms with van der Waals surface area (Å²) >= 11 is 0. The summed E-state index contributed by atoms with van der Waals surface area (Å²) in [4.78, 5) is 0. The first-order valence-corrected chi connectivity index (χ1v) is 9.87. The lowest BCUT2D eigenvalue weighted by atomic mass is 10.0. The molecule has 1 atom stereocenters. The molecule has 0 aliphatic heterocycles. The molecule has 142 valence electrons. The highest BCUT2D eigenvalue weighted by molar-refractivity contribution is 5.46. The second-order valence-corrected chi connectivity index (χ2v) is 6.61. The second-order valence-electron chi connectivity index (χ2n) is 6.61. The van der Waals surface area contributed by atoms with Crippen LogP contribution in [0.5, 0.6) is 11.5 Å². The van der Waals surface area contributed by atoms with Gasteiger partial charge in [0.2, 0.25) is 0 Å². The lowest BCUT2D eigenvalue weighted by molar-refractivity contribution is 0.281. The van der Waals surface area contributed by atoms with Crippen molar-refractivity contribution in [1.29, 1.82) is 0 Å². The topological polar surface area (TPSA) is 30.5 Å². The Labute approximate surface area is 158 Å². The summed E-state index contributed by atoms with van der Waals surface area (Å²) in [6.07, 6.45) is 5.84. The number of hydrogen-bond acceptors (Lipinski definition) is 3. The van der Waals surface area contributed by atoms with Gasteiger partial charge in [-0.05, 0) is 24.5 Å². The Kier molecular flexibility index (Phi) is 9.05. The van der Waals surface area contributed by atoms with Crippen LogP contribution < -0.4 is 14.8 Å². The Balaban J connectivity index is 2.03. The summed E-state index contributed by atoms with van der Waals surface area (Å²) in [5, 5.41) is 3.67. The molecule has 3 heteroatoms. The average molecular weight is 356 g/mol. The summed E-state index contributed by atoms with van der Waals surface area (Å²) in [5.41, 5.74) is 2.47. The summed E-state index contributed by atoms with van der Waals surface area (Å²) in [6, 6.07) is 17.1. The molecule has 0 spiro atoms. The van der Waals surface area contributed by atoms with Crippen molar-refractivity contribution in [3.63, 3.8) is 0 Å². The normalized spacial score (nSPS) is 12.0. The molecule has 2 rings (SSSR count). The van der Waals surface area contributed by atoms with Crippen LogP contribution in [0.1, 0.15) is 63.1 Å². The lowest BCUT2D eigenvalue weighted by Gasteiger charge is -2.20. The van der Waals surface area contributed by atoms with Crippen LogP contribution in [-0.2, 0) is 6.54 Å². The van der Waals surface area contributed by atoms with E-state index in [4.69, 9.17) is 9.47 Å². The van der Waals surface area contributed by atoms with Gasteiger partial charge in [-0.15, -0.1) is 0 Å². The van der Waals surface area contributed by atoms with E-state index in [1.165, 1.54) is 24.8 Å². The van der Waals surface area contributed by atoms with Crippen molar-refractivity contribution in [3.05, 3.63) is 59.7 Å². The minimum absolute atomic E-state index is 0.333. The highest BCUT2D eigenvalue weighted by atomic mass is 16.5. The monoisotopic (exact) mass is 355 g/mol. The van der Waals surface area contributed by atoms with Gasteiger partial charge >= 0.3 is 0 Å². The summed E-state index contributed by atoms with van der Waals surface area (Å²) in [7, 11) is 1.70. The lowest BCUT2D eigenvalue weighted by Crippen LogP contribution is -2.20. The number of nitrogens with one attached hydrogen (secondary N) is 1. The zero-order chi connectivity index (χ0) is 18.6. The number of para-hydroxylation sites is 1. The SMILES string of the molecule is CCCCCCOc1c(CNC(CC)c2ccccc2)cccc1OC. The molecule has 0 saturated heterocycles. The molecule has 0 aliphatic rings. The van der Waals surface area contributed by atoms with Gasteiger partial charge in [0.05, 0.1) is 13.7 Å². The van der Waals surface area contributed by atoms with Gasteiger partial charge < -0.3 is 14.8 Å². The predicted molar refractivity (Wildman–Crippen MR) is 109 cm³/mol. The molecule has 0 aromatic heterocycles. The molecular formula is C23H33NO2. The quantitative estimate of drug-likeness (QED) is 0.481. The van der Waals surface area contributed by atoms with Crippen LogP contribution in [0, 0.1) is 0 Å². The molecule has 0 radical (unpaired) electrons. The third kappa shape index (κ3) is 6.06. The van der Waals surface area contributed by atoms with E-state index >= 15 is 0 Å². The summed E-state index contributed by atoms with van der Waals surface area (Å²) < 4.78 is 11.6. The minimum atomic E-state index is 0.333. The van der Waals surface area contributed by atoms with Gasteiger partial charge in [-0.3, -0.25) is 0 Å². The van der Waals surface area contributed by atoms with Crippen molar-refractivity contribution < 1.29 is 9.47 Å². The molecule has 0 heterocycles. The number of ether oxygens (including phenoxy) is 2. The minimum Gasteiger partial charge on any atom is -0.493 e. The van der Waals surface area contributed by atoms with Crippen LogP contribution in [0.3, 0.4) is 0 Å². The van der Waals surface area contributed by atoms with Crippen molar-refractivity contribution in [1.82, 2.24) is 5.32 Å².